The van der Waals surface area contributed by atoms with E-state index in [0.29, 0.717) is 6.42 Å². The summed E-state index contributed by atoms with van der Waals surface area (Å²) in [5, 5.41) is 50.0. The number of hydrogen-bond donors (Lipinski definition) is 5. The predicted molar refractivity (Wildman–Crippen MR) is 89.6 cm³/mol. The van der Waals surface area contributed by atoms with Gasteiger partial charge in [-0.25, -0.2) is 4.79 Å². The second kappa shape index (κ2) is 9.09. The summed E-state index contributed by atoms with van der Waals surface area (Å²) in [6, 6.07) is 0. The lowest BCUT2D eigenvalue weighted by Crippen LogP contribution is -2.52. The zero-order valence-electron chi connectivity index (χ0n) is 14.7. The molecule has 0 saturated carbocycles. The van der Waals surface area contributed by atoms with Crippen molar-refractivity contribution >= 4 is 5.97 Å². The first kappa shape index (κ1) is 20.3. The van der Waals surface area contributed by atoms with Gasteiger partial charge in [-0.3, -0.25) is 0 Å². The van der Waals surface area contributed by atoms with E-state index in [-0.39, 0.29) is 11.1 Å². The van der Waals surface area contributed by atoms with Crippen LogP contribution in [0.4, 0.5) is 0 Å². The minimum absolute atomic E-state index is 0.00857. The van der Waals surface area contributed by atoms with Crippen LogP contribution in [0.15, 0.2) is 11.1 Å². The van der Waals surface area contributed by atoms with Crippen LogP contribution in [0.25, 0.3) is 0 Å². The standard InChI is InChI=1S/C18H30O7/c1-2-3-4-5-6-7-8-9-10(19)17-11-12(18(24)25-17)14(21)16(23)15(22)13(11)20/h10,13-17,19-23H,2-9H2,1H3. The third-order valence-corrected chi connectivity index (χ3v) is 5.14. The largest absolute Gasteiger partial charge is 0.451 e. The Bertz CT molecular complexity index is 490. The first-order valence-corrected chi connectivity index (χ1v) is 9.25. The number of aliphatic hydroxyl groups is 5. The molecular weight excluding hydrogens is 328 g/mol. The van der Waals surface area contributed by atoms with Gasteiger partial charge in [0.05, 0.1) is 11.7 Å². The Morgan fingerprint density at radius 3 is 2.12 bits per heavy atom. The van der Waals surface area contributed by atoms with Crippen LogP contribution in [0.3, 0.4) is 0 Å². The molecule has 6 atom stereocenters. The molecule has 144 valence electrons. The number of cyclic esters (lactones) is 1. The first-order valence-electron chi connectivity index (χ1n) is 9.25. The minimum Gasteiger partial charge on any atom is -0.451 e. The van der Waals surface area contributed by atoms with Crippen molar-refractivity contribution in [3.63, 3.8) is 0 Å². The van der Waals surface area contributed by atoms with E-state index in [4.69, 9.17) is 4.74 Å². The Labute approximate surface area is 147 Å². The van der Waals surface area contributed by atoms with Gasteiger partial charge in [0.15, 0.2) is 6.10 Å². The molecule has 1 heterocycles. The highest BCUT2D eigenvalue weighted by Gasteiger charge is 2.52. The van der Waals surface area contributed by atoms with E-state index in [1.807, 2.05) is 0 Å². The fourth-order valence-electron chi connectivity index (χ4n) is 3.61. The van der Waals surface area contributed by atoms with Crippen molar-refractivity contribution in [2.24, 2.45) is 0 Å². The van der Waals surface area contributed by atoms with E-state index >= 15 is 0 Å². The van der Waals surface area contributed by atoms with Crippen LogP contribution in [-0.4, -0.2) is 68.1 Å². The third kappa shape index (κ3) is 4.41. The van der Waals surface area contributed by atoms with Gasteiger partial charge in [-0.1, -0.05) is 51.9 Å². The molecule has 0 aromatic rings. The molecule has 2 aliphatic rings. The average molecular weight is 358 g/mol. The highest BCUT2D eigenvalue weighted by atomic mass is 16.6. The maximum atomic E-state index is 12.0. The van der Waals surface area contributed by atoms with E-state index in [9.17, 15) is 30.3 Å². The number of aliphatic hydroxyl groups excluding tert-OH is 5. The van der Waals surface area contributed by atoms with Crippen molar-refractivity contribution in [3.8, 4) is 0 Å². The van der Waals surface area contributed by atoms with Crippen LogP contribution < -0.4 is 0 Å². The Balaban J connectivity index is 1.91. The molecule has 2 rings (SSSR count). The van der Waals surface area contributed by atoms with Crippen LogP contribution in [0.2, 0.25) is 0 Å². The Hall–Kier alpha value is -0.990. The van der Waals surface area contributed by atoms with Crippen molar-refractivity contribution in [3.05, 3.63) is 11.1 Å². The molecule has 0 aromatic heterocycles. The van der Waals surface area contributed by atoms with Gasteiger partial charge in [-0.05, 0) is 6.42 Å². The fourth-order valence-corrected chi connectivity index (χ4v) is 3.61. The van der Waals surface area contributed by atoms with Crippen LogP contribution >= 0.6 is 0 Å². The second-order valence-corrected chi connectivity index (χ2v) is 7.04. The number of ether oxygens (including phenoxy) is 1. The van der Waals surface area contributed by atoms with Crippen molar-refractivity contribution in [1.29, 1.82) is 0 Å². The molecule has 0 saturated heterocycles. The molecule has 5 N–H and O–H groups in total. The van der Waals surface area contributed by atoms with Gasteiger partial charge in [0, 0.05) is 5.57 Å². The molecule has 0 aromatic carbocycles. The van der Waals surface area contributed by atoms with E-state index in [0.717, 1.165) is 25.7 Å². The Morgan fingerprint density at radius 1 is 0.920 bits per heavy atom. The topological polar surface area (TPSA) is 127 Å². The van der Waals surface area contributed by atoms with Gasteiger partial charge in [-0.15, -0.1) is 0 Å². The smallest absolute Gasteiger partial charge is 0.337 e. The molecule has 25 heavy (non-hydrogen) atoms. The monoisotopic (exact) mass is 358 g/mol. The summed E-state index contributed by atoms with van der Waals surface area (Å²) in [6.07, 6.45) is -0.599. The minimum atomic E-state index is -1.67. The average Bonchev–Trinajstić information content (AvgIpc) is 2.94. The van der Waals surface area contributed by atoms with Crippen LogP contribution in [0.1, 0.15) is 58.3 Å². The summed E-state index contributed by atoms with van der Waals surface area (Å²) in [5.41, 5.74) is -0.250. The normalized spacial score (nSPS) is 33.4. The summed E-state index contributed by atoms with van der Waals surface area (Å²) in [4.78, 5) is 12.0. The second-order valence-electron chi connectivity index (χ2n) is 7.04. The summed E-state index contributed by atoms with van der Waals surface area (Å²) < 4.78 is 5.11. The Kier molecular flexibility index (Phi) is 7.39. The van der Waals surface area contributed by atoms with Crippen LogP contribution in [0.5, 0.6) is 0 Å². The summed E-state index contributed by atoms with van der Waals surface area (Å²) in [5.74, 6) is -0.865. The van der Waals surface area contributed by atoms with E-state index in [1.165, 1.54) is 19.3 Å². The molecular formula is C18H30O7. The molecule has 1 aliphatic carbocycles. The number of hydrogen-bond acceptors (Lipinski definition) is 7. The molecule has 7 nitrogen and oxygen atoms in total. The molecule has 0 radical (unpaired) electrons. The molecule has 0 fully saturated rings. The maximum Gasteiger partial charge on any atom is 0.337 e. The number of esters is 1. The van der Waals surface area contributed by atoms with Crippen molar-refractivity contribution < 1.29 is 35.1 Å². The highest BCUT2D eigenvalue weighted by Crippen LogP contribution is 2.37. The van der Waals surface area contributed by atoms with Gasteiger partial charge >= 0.3 is 5.97 Å². The van der Waals surface area contributed by atoms with Gasteiger partial charge in [0.25, 0.3) is 0 Å². The predicted octanol–water partition coefficient (Wildman–Crippen LogP) is 0.167. The van der Waals surface area contributed by atoms with E-state index < -0.39 is 42.6 Å². The lowest BCUT2D eigenvalue weighted by Gasteiger charge is -2.34. The third-order valence-electron chi connectivity index (χ3n) is 5.14. The van der Waals surface area contributed by atoms with Crippen molar-refractivity contribution in [2.45, 2.75) is 94.9 Å². The molecule has 6 unspecified atom stereocenters. The molecule has 1 aliphatic heterocycles. The fraction of sp³-hybridized carbons (Fsp3) is 0.833. The SMILES string of the molecule is CCCCCCCCCC(O)C1OC(=O)C2=C1C(O)C(O)C(O)C2O. The van der Waals surface area contributed by atoms with Gasteiger partial charge < -0.3 is 30.3 Å². The van der Waals surface area contributed by atoms with Crippen LogP contribution in [0, 0.1) is 0 Å². The molecule has 0 spiro atoms. The maximum absolute atomic E-state index is 12.0. The van der Waals surface area contributed by atoms with Crippen molar-refractivity contribution in [1.82, 2.24) is 0 Å². The number of carbonyl (C=O) groups is 1. The number of carbonyl (C=O) groups excluding carboxylic acids is 1. The van der Waals surface area contributed by atoms with Gasteiger partial charge in [0.1, 0.15) is 24.4 Å². The van der Waals surface area contributed by atoms with Gasteiger partial charge in [-0.2, -0.15) is 0 Å². The zero-order valence-corrected chi connectivity index (χ0v) is 14.7. The lowest BCUT2D eigenvalue weighted by molar-refractivity contribution is -0.145. The number of rotatable bonds is 9. The van der Waals surface area contributed by atoms with Gasteiger partial charge in [0.2, 0.25) is 0 Å². The molecule has 0 bridgehead atoms. The summed E-state index contributed by atoms with van der Waals surface area (Å²) in [6.45, 7) is 2.16. The zero-order chi connectivity index (χ0) is 18.6. The molecule has 7 heteroatoms. The summed E-state index contributed by atoms with van der Waals surface area (Å²) in [7, 11) is 0. The number of unbranched alkanes of at least 4 members (excludes halogenated alkanes) is 6. The molecule has 0 amide bonds. The quantitative estimate of drug-likeness (QED) is 0.294. The Morgan fingerprint density at radius 2 is 1.48 bits per heavy atom. The van der Waals surface area contributed by atoms with E-state index in [1.54, 1.807) is 0 Å². The van der Waals surface area contributed by atoms with Crippen LogP contribution in [-0.2, 0) is 9.53 Å². The van der Waals surface area contributed by atoms with E-state index in [2.05, 4.69) is 6.92 Å². The lowest BCUT2D eigenvalue weighted by atomic mass is 9.81. The van der Waals surface area contributed by atoms with Crippen molar-refractivity contribution in [2.75, 3.05) is 0 Å². The summed E-state index contributed by atoms with van der Waals surface area (Å²) >= 11 is 0. The highest BCUT2D eigenvalue weighted by molar-refractivity contribution is 5.94. The first-order chi connectivity index (χ1) is 11.9.